The van der Waals surface area contributed by atoms with Gasteiger partial charge in [-0.05, 0) is 57.6 Å². The van der Waals surface area contributed by atoms with Crippen LogP contribution in [0.5, 0.6) is 5.75 Å². The summed E-state index contributed by atoms with van der Waals surface area (Å²) in [7, 11) is 0. The van der Waals surface area contributed by atoms with Crippen molar-refractivity contribution < 1.29 is 4.74 Å². The number of nitrogens with zero attached hydrogens (tertiary/aromatic N) is 3. The molecule has 0 amide bonds. The predicted octanol–water partition coefficient (Wildman–Crippen LogP) is 5.33. The van der Waals surface area contributed by atoms with Gasteiger partial charge in [0.15, 0.2) is 0 Å². The van der Waals surface area contributed by atoms with Crippen LogP contribution in [0.25, 0.3) is 11.0 Å². The Hall–Kier alpha value is -3.07. The molecule has 2 aliphatic rings. The standard InChI is InChI=1S/C24H27N5O/c1-24(2,13-25)10-9-16-12-30-20-6-4-3-5-17(20)21(16)29-23-18-11-19(15-7-8-15)28-22(18)26-14-27-23/h3-6,11,14-16,21H,7-10,12H2,1-2H3,(H2,26,27,28,29)/t16-,21?/m0/s1. The number of aromatic amines is 1. The predicted molar refractivity (Wildman–Crippen MR) is 116 cm³/mol. The molecule has 1 fully saturated rings. The fourth-order valence-corrected chi connectivity index (χ4v) is 4.30. The van der Waals surface area contributed by atoms with E-state index in [-0.39, 0.29) is 17.4 Å². The molecule has 0 saturated heterocycles. The van der Waals surface area contributed by atoms with Crippen LogP contribution in [0.2, 0.25) is 0 Å². The highest BCUT2D eigenvalue weighted by molar-refractivity contribution is 5.88. The van der Waals surface area contributed by atoms with Crippen molar-refractivity contribution in [1.82, 2.24) is 15.0 Å². The molecule has 2 N–H and O–H groups in total. The Morgan fingerprint density at radius 3 is 2.90 bits per heavy atom. The van der Waals surface area contributed by atoms with Crippen molar-refractivity contribution in [3.8, 4) is 11.8 Å². The third-order valence-corrected chi connectivity index (χ3v) is 6.38. The molecule has 5 rings (SSSR count). The number of benzene rings is 1. The van der Waals surface area contributed by atoms with Crippen LogP contribution in [0.3, 0.4) is 0 Å². The Labute approximate surface area is 176 Å². The molecule has 6 nitrogen and oxygen atoms in total. The van der Waals surface area contributed by atoms with Crippen LogP contribution in [0.4, 0.5) is 5.82 Å². The average molecular weight is 402 g/mol. The van der Waals surface area contributed by atoms with E-state index in [2.05, 4.69) is 44.5 Å². The van der Waals surface area contributed by atoms with E-state index in [0.717, 1.165) is 41.0 Å². The molecule has 2 aromatic heterocycles. The zero-order valence-electron chi connectivity index (χ0n) is 17.5. The molecule has 2 atom stereocenters. The smallest absolute Gasteiger partial charge is 0.143 e. The van der Waals surface area contributed by atoms with E-state index in [9.17, 15) is 5.26 Å². The van der Waals surface area contributed by atoms with Crippen molar-refractivity contribution in [2.75, 3.05) is 11.9 Å². The number of hydrogen-bond acceptors (Lipinski definition) is 5. The number of rotatable bonds is 6. The number of H-pyrrole nitrogens is 1. The number of anilines is 1. The Morgan fingerprint density at radius 1 is 1.27 bits per heavy atom. The van der Waals surface area contributed by atoms with Crippen molar-refractivity contribution in [3.63, 3.8) is 0 Å². The number of ether oxygens (including phenoxy) is 1. The van der Waals surface area contributed by atoms with Gasteiger partial charge < -0.3 is 15.0 Å². The van der Waals surface area contributed by atoms with Crippen LogP contribution in [-0.4, -0.2) is 21.6 Å². The number of aromatic nitrogens is 3. The van der Waals surface area contributed by atoms with Gasteiger partial charge in [-0.25, -0.2) is 9.97 Å². The highest BCUT2D eigenvalue weighted by Crippen LogP contribution is 2.43. The highest BCUT2D eigenvalue weighted by Gasteiger charge is 2.33. The number of nitriles is 1. The lowest BCUT2D eigenvalue weighted by Crippen LogP contribution is -2.32. The minimum absolute atomic E-state index is 0.0711. The molecule has 1 unspecified atom stereocenters. The Kier molecular flexibility index (Phi) is 4.62. The first-order chi connectivity index (χ1) is 14.5. The minimum Gasteiger partial charge on any atom is -0.493 e. The van der Waals surface area contributed by atoms with Crippen molar-refractivity contribution in [2.45, 2.75) is 51.5 Å². The molecule has 154 valence electrons. The van der Waals surface area contributed by atoms with E-state index in [1.54, 1.807) is 6.33 Å². The summed E-state index contributed by atoms with van der Waals surface area (Å²) >= 11 is 0. The van der Waals surface area contributed by atoms with E-state index < -0.39 is 0 Å². The van der Waals surface area contributed by atoms with Crippen molar-refractivity contribution >= 4 is 16.9 Å². The van der Waals surface area contributed by atoms with Crippen LogP contribution in [0.15, 0.2) is 36.7 Å². The van der Waals surface area contributed by atoms with Crippen molar-refractivity contribution in [2.24, 2.45) is 11.3 Å². The van der Waals surface area contributed by atoms with Gasteiger partial charge in [-0.3, -0.25) is 0 Å². The van der Waals surface area contributed by atoms with Gasteiger partial charge in [0.2, 0.25) is 0 Å². The molecule has 0 spiro atoms. The molecular weight excluding hydrogens is 374 g/mol. The number of nitrogens with one attached hydrogen (secondary N) is 2. The molecule has 3 aromatic rings. The van der Waals surface area contributed by atoms with Gasteiger partial charge in [-0.1, -0.05) is 18.2 Å². The zero-order valence-corrected chi connectivity index (χ0v) is 17.5. The monoisotopic (exact) mass is 401 g/mol. The summed E-state index contributed by atoms with van der Waals surface area (Å²) in [6.07, 6.45) is 5.84. The van der Waals surface area contributed by atoms with Crippen LogP contribution in [0, 0.1) is 22.7 Å². The summed E-state index contributed by atoms with van der Waals surface area (Å²) in [5.74, 6) is 2.66. The second-order valence-corrected chi connectivity index (χ2v) is 9.25. The lowest BCUT2D eigenvalue weighted by atomic mass is 9.81. The number of hydrogen-bond donors (Lipinski definition) is 2. The summed E-state index contributed by atoms with van der Waals surface area (Å²) < 4.78 is 6.07. The third kappa shape index (κ3) is 3.60. The summed E-state index contributed by atoms with van der Waals surface area (Å²) in [6, 6.07) is 12.9. The minimum atomic E-state index is -0.344. The van der Waals surface area contributed by atoms with Gasteiger partial charge >= 0.3 is 0 Å². The zero-order chi connectivity index (χ0) is 20.7. The molecule has 30 heavy (non-hydrogen) atoms. The summed E-state index contributed by atoms with van der Waals surface area (Å²) in [5, 5.41) is 14.2. The van der Waals surface area contributed by atoms with Gasteiger partial charge in [0.25, 0.3) is 0 Å². The van der Waals surface area contributed by atoms with Gasteiger partial charge in [0.05, 0.1) is 29.5 Å². The Bertz CT molecular complexity index is 1110. The highest BCUT2D eigenvalue weighted by atomic mass is 16.5. The topological polar surface area (TPSA) is 86.6 Å². The normalized spacial score (nSPS) is 21.0. The first-order valence-corrected chi connectivity index (χ1v) is 10.8. The van der Waals surface area contributed by atoms with Crippen molar-refractivity contribution in [3.05, 3.63) is 47.9 Å². The van der Waals surface area contributed by atoms with Gasteiger partial charge in [-0.15, -0.1) is 0 Å². The van der Waals surface area contributed by atoms with Crippen LogP contribution in [0.1, 0.15) is 62.7 Å². The molecule has 1 aliphatic carbocycles. The lowest BCUT2D eigenvalue weighted by Gasteiger charge is -2.35. The maximum absolute atomic E-state index is 9.44. The molecule has 0 radical (unpaired) electrons. The van der Waals surface area contributed by atoms with Gasteiger partial charge in [0.1, 0.15) is 23.5 Å². The molecule has 1 saturated carbocycles. The molecular formula is C24H27N5O. The number of fused-ring (bicyclic) bond motifs is 2. The van der Waals surface area contributed by atoms with E-state index in [4.69, 9.17) is 4.74 Å². The molecule has 3 heterocycles. The van der Waals surface area contributed by atoms with E-state index in [0.29, 0.717) is 12.5 Å². The fourth-order valence-electron chi connectivity index (χ4n) is 4.30. The van der Waals surface area contributed by atoms with E-state index >= 15 is 0 Å². The van der Waals surface area contributed by atoms with Crippen LogP contribution < -0.4 is 10.1 Å². The third-order valence-electron chi connectivity index (χ3n) is 6.38. The quantitative estimate of drug-likeness (QED) is 0.583. The van der Waals surface area contributed by atoms with Crippen molar-refractivity contribution in [1.29, 1.82) is 5.26 Å². The molecule has 0 bridgehead atoms. The summed E-state index contributed by atoms with van der Waals surface area (Å²) in [6.45, 7) is 4.63. The second-order valence-electron chi connectivity index (χ2n) is 9.25. The average Bonchev–Trinajstić information content (AvgIpc) is 3.52. The summed E-state index contributed by atoms with van der Waals surface area (Å²) in [4.78, 5) is 12.5. The van der Waals surface area contributed by atoms with E-state index in [1.165, 1.54) is 18.5 Å². The SMILES string of the molecule is CC(C)(C#N)CC[C@H]1COc2ccccc2C1Nc1ncnc2[nH]c(C3CC3)cc12. The lowest BCUT2D eigenvalue weighted by molar-refractivity contribution is 0.182. The molecule has 1 aliphatic heterocycles. The first kappa shape index (κ1) is 18.9. The first-order valence-electron chi connectivity index (χ1n) is 10.8. The Morgan fingerprint density at radius 2 is 2.10 bits per heavy atom. The summed E-state index contributed by atoms with van der Waals surface area (Å²) in [5.41, 5.74) is 2.95. The van der Waals surface area contributed by atoms with Gasteiger partial charge in [0, 0.05) is 17.2 Å². The van der Waals surface area contributed by atoms with E-state index in [1.807, 2.05) is 26.0 Å². The fraction of sp³-hybridized carbons (Fsp3) is 0.458. The second kappa shape index (κ2) is 7.32. The largest absolute Gasteiger partial charge is 0.493 e. The molecule has 6 heteroatoms. The maximum Gasteiger partial charge on any atom is 0.143 e. The van der Waals surface area contributed by atoms with Gasteiger partial charge in [-0.2, -0.15) is 5.26 Å². The van der Waals surface area contributed by atoms with Crippen LogP contribution in [-0.2, 0) is 0 Å². The molecule has 1 aromatic carbocycles. The van der Waals surface area contributed by atoms with Crippen LogP contribution >= 0.6 is 0 Å². The Balaban J connectivity index is 1.48. The number of para-hydroxylation sites is 1. The maximum atomic E-state index is 9.44.